The summed E-state index contributed by atoms with van der Waals surface area (Å²) >= 11 is 0. The minimum atomic E-state index is 0.161. The minimum Gasteiger partial charge on any atom is -0.504 e. The molecule has 0 unspecified atom stereocenters. The lowest BCUT2D eigenvalue weighted by Crippen LogP contribution is -2.35. The molecule has 5 heteroatoms. The number of benzene rings is 2. The van der Waals surface area contributed by atoms with Gasteiger partial charge in [0.15, 0.2) is 11.5 Å². The molecule has 1 saturated heterocycles. The number of nitrogens with one attached hydrogen (secondary N) is 1. The molecule has 128 valence electrons. The molecule has 1 heterocycles. The van der Waals surface area contributed by atoms with Crippen LogP contribution in [0.5, 0.6) is 11.5 Å². The van der Waals surface area contributed by atoms with Gasteiger partial charge in [0.2, 0.25) is 0 Å². The molecule has 0 atom stereocenters. The first kappa shape index (κ1) is 16.6. The normalized spacial score (nSPS) is 15.2. The smallest absolute Gasteiger partial charge is 0.160 e. The quantitative estimate of drug-likeness (QED) is 0.854. The lowest BCUT2D eigenvalue weighted by atomic mass is 10.1. The molecule has 24 heavy (non-hydrogen) atoms. The summed E-state index contributed by atoms with van der Waals surface area (Å²) in [5, 5.41) is 13.2. The molecule has 1 aliphatic rings. The Hall–Kier alpha value is -2.24. The Morgan fingerprint density at radius 3 is 2.75 bits per heavy atom. The summed E-state index contributed by atoms with van der Waals surface area (Å²) < 4.78 is 10.6. The Bertz CT molecular complexity index is 669. The Morgan fingerprint density at radius 1 is 1.17 bits per heavy atom. The van der Waals surface area contributed by atoms with E-state index in [2.05, 4.69) is 28.4 Å². The molecule has 5 nitrogen and oxygen atoms in total. The van der Waals surface area contributed by atoms with E-state index in [0.717, 1.165) is 44.1 Å². The second-order valence-electron chi connectivity index (χ2n) is 5.91. The third kappa shape index (κ3) is 4.19. The van der Waals surface area contributed by atoms with E-state index in [1.807, 2.05) is 18.2 Å². The van der Waals surface area contributed by atoms with Gasteiger partial charge in [0, 0.05) is 31.9 Å². The molecule has 0 aromatic heterocycles. The molecular formula is C19H24N2O3. The summed E-state index contributed by atoms with van der Waals surface area (Å²) in [5.41, 5.74) is 3.48. The van der Waals surface area contributed by atoms with Gasteiger partial charge in [0.25, 0.3) is 0 Å². The molecule has 1 aliphatic heterocycles. The number of phenolic OH excluding ortho intramolecular Hbond substituents is 1. The highest BCUT2D eigenvalue weighted by Gasteiger charge is 2.12. The van der Waals surface area contributed by atoms with E-state index in [1.165, 1.54) is 5.56 Å². The largest absolute Gasteiger partial charge is 0.504 e. The molecule has 0 bridgehead atoms. The van der Waals surface area contributed by atoms with E-state index in [4.69, 9.17) is 9.47 Å². The lowest BCUT2D eigenvalue weighted by molar-refractivity contribution is 0.0342. The zero-order valence-corrected chi connectivity index (χ0v) is 14.0. The zero-order valence-electron chi connectivity index (χ0n) is 14.0. The maximum Gasteiger partial charge on any atom is 0.160 e. The number of hydrogen-bond donors (Lipinski definition) is 2. The summed E-state index contributed by atoms with van der Waals surface area (Å²) in [6.45, 7) is 5.17. The van der Waals surface area contributed by atoms with Gasteiger partial charge >= 0.3 is 0 Å². The SMILES string of the molecule is COc1cc(CNc2ccccc2CN2CCOCC2)ccc1O. The maximum absolute atomic E-state index is 9.69. The summed E-state index contributed by atoms with van der Waals surface area (Å²) in [7, 11) is 1.56. The number of methoxy groups -OCH3 is 1. The summed E-state index contributed by atoms with van der Waals surface area (Å²) in [6, 6.07) is 13.8. The van der Waals surface area contributed by atoms with Crippen molar-refractivity contribution in [1.29, 1.82) is 0 Å². The molecular weight excluding hydrogens is 304 g/mol. The highest BCUT2D eigenvalue weighted by molar-refractivity contribution is 5.52. The van der Waals surface area contributed by atoms with Crippen LogP contribution in [0, 0.1) is 0 Å². The average molecular weight is 328 g/mol. The van der Waals surface area contributed by atoms with E-state index in [0.29, 0.717) is 12.3 Å². The molecule has 0 aliphatic carbocycles. The van der Waals surface area contributed by atoms with Crippen molar-refractivity contribution in [3.05, 3.63) is 53.6 Å². The highest BCUT2D eigenvalue weighted by Crippen LogP contribution is 2.27. The van der Waals surface area contributed by atoms with Crippen LogP contribution in [0.2, 0.25) is 0 Å². The third-order valence-corrected chi connectivity index (χ3v) is 4.24. The molecule has 0 saturated carbocycles. The Balaban J connectivity index is 1.66. The number of anilines is 1. The van der Waals surface area contributed by atoms with Crippen LogP contribution in [0.4, 0.5) is 5.69 Å². The van der Waals surface area contributed by atoms with Gasteiger partial charge < -0.3 is 19.9 Å². The van der Waals surface area contributed by atoms with Crippen molar-refractivity contribution in [3.63, 3.8) is 0 Å². The van der Waals surface area contributed by atoms with Crippen molar-refractivity contribution in [2.75, 3.05) is 38.7 Å². The molecule has 3 rings (SSSR count). The average Bonchev–Trinajstić information content (AvgIpc) is 2.63. The van der Waals surface area contributed by atoms with Crippen LogP contribution in [-0.4, -0.2) is 43.4 Å². The first-order valence-electron chi connectivity index (χ1n) is 8.24. The highest BCUT2D eigenvalue weighted by atomic mass is 16.5. The molecule has 1 fully saturated rings. The number of morpholine rings is 1. The van der Waals surface area contributed by atoms with Crippen molar-refractivity contribution in [2.24, 2.45) is 0 Å². The van der Waals surface area contributed by atoms with E-state index in [9.17, 15) is 5.11 Å². The van der Waals surface area contributed by atoms with E-state index >= 15 is 0 Å². The first-order valence-corrected chi connectivity index (χ1v) is 8.24. The van der Waals surface area contributed by atoms with Crippen LogP contribution in [0.1, 0.15) is 11.1 Å². The van der Waals surface area contributed by atoms with Gasteiger partial charge in [0.1, 0.15) is 0 Å². The number of hydrogen-bond acceptors (Lipinski definition) is 5. The van der Waals surface area contributed by atoms with Gasteiger partial charge in [-0.3, -0.25) is 4.90 Å². The van der Waals surface area contributed by atoms with Crippen molar-refractivity contribution in [2.45, 2.75) is 13.1 Å². The molecule has 0 radical (unpaired) electrons. The number of ether oxygens (including phenoxy) is 2. The Labute approximate surface area is 142 Å². The first-order chi connectivity index (χ1) is 11.8. The zero-order chi connectivity index (χ0) is 16.8. The molecule has 2 aromatic carbocycles. The van der Waals surface area contributed by atoms with Gasteiger partial charge in [-0.15, -0.1) is 0 Å². The fourth-order valence-corrected chi connectivity index (χ4v) is 2.86. The maximum atomic E-state index is 9.69. The number of rotatable bonds is 6. The van der Waals surface area contributed by atoms with Crippen LogP contribution >= 0.6 is 0 Å². The van der Waals surface area contributed by atoms with Gasteiger partial charge in [0.05, 0.1) is 20.3 Å². The van der Waals surface area contributed by atoms with Crippen LogP contribution in [-0.2, 0) is 17.8 Å². The Kier molecular flexibility index (Phi) is 5.56. The fourth-order valence-electron chi connectivity index (χ4n) is 2.86. The van der Waals surface area contributed by atoms with Gasteiger partial charge in [-0.25, -0.2) is 0 Å². The number of aromatic hydroxyl groups is 1. The van der Waals surface area contributed by atoms with E-state index < -0.39 is 0 Å². The summed E-state index contributed by atoms with van der Waals surface area (Å²) in [6.07, 6.45) is 0. The third-order valence-electron chi connectivity index (χ3n) is 4.24. The Morgan fingerprint density at radius 2 is 1.96 bits per heavy atom. The fraction of sp³-hybridized carbons (Fsp3) is 0.368. The van der Waals surface area contributed by atoms with Crippen molar-refractivity contribution in [3.8, 4) is 11.5 Å². The topological polar surface area (TPSA) is 54.0 Å². The predicted molar refractivity (Wildman–Crippen MR) is 94.5 cm³/mol. The summed E-state index contributed by atoms with van der Waals surface area (Å²) in [5.74, 6) is 0.657. The van der Waals surface area contributed by atoms with Crippen LogP contribution in [0.25, 0.3) is 0 Å². The molecule has 2 aromatic rings. The predicted octanol–water partition coefficient (Wildman–Crippen LogP) is 2.85. The van der Waals surface area contributed by atoms with Crippen molar-refractivity contribution >= 4 is 5.69 Å². The number of para-hydroxylation sites is 1. The van der Waals surface area contributed by atoms with Crippen LogP contribution in [0.3, 0.4) is 0 Å². The van der Waals surface area contributed by atoms with Gasteiger partial charge in [-0.1, -0.05) is 24.3 Å². The van der Waals surface area contributed by atoms with Gasteiger partial charge in [-0.2, -0.15) is 0 Å². The molecule has 2 N–H and O–H groups in total. The second kappa shape index (κ2) is 8.04. The monoisotopic (exact) mass is 328 g/mol. The lowest BCUT2D eigenvalue weighted by Gasteiger charge is -2.27. The van der Waals surface area contributed by atoms with E-state index in [-0.39, 0.29) is 5.75 Å². The minimum absolute atomic E-state index is 0.161. The standard InChI is InChI=1S/C19H24N2O3/c1-23-19-12-15(6-7-18(19)22)13-20-17-5-3-2-4-16(17)14-21-8-10-24-11-9-21/h2-7,12,20,22H,8-11,13-14H2,1H3. The second-order valence-corrected chi connectivity index (χ2v) is 5.91. The number of nitrogens with zero attached hydrogens (tertiary/aromatic N) is 1. The van der Waals surface area contributed by atoms with Crippen molar-refractivity contribution < 1.29 is 14.6 Å². The number of phenols is 1. The molecule has 0 spiro atoms. The summed E-state index contributed by atoms with van der Waals surface area (Å²) in [4.78, 5) is 2.41. The van der Waals surface area contributed by atoms with Crippen molar-refractivity contribution in [1.82, 2.24) is 4.90 Å². The molecule has 0 amide bonds. The van der Waals surface area contributed by atoms with Crippen LogP contribution < -0.4 is 10.1 Å². The van der Waals surface area contributed by atoms with Crippen LogP contribution in [0.15, 0.2) is 42.5 Å². The van der Waals surface area contributed by atoms with E-state index in [1.54, 1.807) is 13.2 Å². The van der Waals surface area contributed by atoms with Gasteiger partial charge in [-0.05, 0) is 29.3 Å².